The normalized spacial score (nSPS) is 12.2. The lowest BCUT2D eigenvalue weighted by molar-refractivity contribution is 0.0917. The van der Waals surface area contributed by atoms with Crippen LogP contribution < -0.4 is 5.32 Å². The molecule has 28 heavy (non-hydrogen) atoms. The molecule has 0 aliphatic carbocycles. The average Bonchev–Trinajstić information content (AvgIpc) is 3.34. The summed E-state index contributed by atoms with van der Waals surface area (Å²) in [4.78, 5) is 17.0. The molecule has 0 spiro atoms. The van der Waals surface area contributed by atoms with E-state index in [1.807, 2.05) is 68.6 Å². The SMILES string of the molecule is C[C@H](c1ccccc1)c1cc(C(=O)NCCc2nc3ccccc3n2C)on1. The number of benzene rings is 2. The van der Waals surface area contributed by atoms with Crippen LogP contribution in [0.25, 0.3) is 11.0 Å². The Kier molecular flexibility index (Phi) is 4.93. The summed E-state index contributed by atoms with van der Waals surface area (Å²) in [5, 5.41) is 6.96. The molecule has 2 heterocycles. The van der Waals surface area contributed by atoms with Crippen LogP contribution >= 0.6 is 0 Å². The van der Waals surface area contributed by atoms with Crippen LogP contribution in [0, 0.1) is 0 Å². The molecular weight excluding hydrogens is 352 g/mol. The molecule has 6 nitrogen and oxygen atoms in total. The van der Waals surface area contributed by atoms with Gasteiger partial charge in [-0.25, -0.2) is 4.98 Å². The Labute approximate surface area is 163 Å². The highest BCUT2D eigenvalue weighted by Crippen LogP contribution is 2.23. The van der Waals surface area contributed by atoms with Crippen molar-refractivity contribution in [2.24, 2.45) is 7.05 Å². The first-order valence-corrected chi connectivity index (χ1v) is 9.33. The molecule has 0 radical (unpaired) electrons. The molecule has 142 valence electrons. The molecule has 2 aromatic heterocycles. The second kappa shape index (κ2) is 7.68. The maximum absolute atomic E-state index is 12.4. The number of hydrogen-bond acceptors (Lipinski definition) is 4. The second-order valence-corrected chi connectivity index (χ2v) is 6.83. The third kappa shape index (κ3) is 3.53. The molecule has 0 bridgehead atoms. The third-order valence-electron chi connectivity index (χ3n) is 5.01. The summed E-state index contributed by atoms with van der Waals surface area (Å²) >= 11 is 0. The quantitative estimate of drug-likeness (QED) is 0.559. The predicted molar refractivity (Wildman–Crippen MR) is 107 cm³/mol. The van der Waals surface area contributed by atoms with Crippen LogP contribution in [-0.2, 0) is 13.5 Å². The van der Waals surface area contributed by atoms with Gasteiger partial charge in [0.25, 0.3) is 5.91 Å². The minimum atomic E-state index is -0.266. The molecule has 0 saturated carbocycles. The largest absolute Gasteiger partial charge is 0.351 e. The van der Waals surface area contributed by atoms with Crippen LogP contribution in [0.3, 0.4) is 0 Å². The minimum Gasteiger partial charge on any atom is -0.351 e. The van der Waals surface area contributed by atoms with E-state index in [2.05, 4.69) is 20.0 Å². The summed E-state index contributed by atoms with van der Waals surface area (Å²) in [6.07, 6.45) is 0.637. The van der Waals surface area contributed by atoms with Gasteiger partial charge in [0.1, 0.15) is 5.82 Å². The fraction of sp³-hybridized carbons (Fsp3) is 0.227. The van der Waals surface area contributed by atoms with Gasteiger partial charge in [0.2, 0.25) is 5.76 Å². The lowest BCUT2D eigenvalue weighted by Gasteiger charge is -2.06. The fourth-order valence-corrected chi connectivity index (χ4v) is 3.31. The number of carbonyl (C=O) groups excluding carboxylic acids is 1. The van der Waals surface area contributed by atoms with E-state index in [1.54, 1.807) is 6.07 Å². The van der Waals surface area contributed by atoms with Crippen molar-refractivity contribution in [2.75, 3.05) is 6.54 Å². The molecule has 1 atom stereocenters. The number of para-hydroxylation sites is 2. The lowest BCUT2D eigenvalue weighted by Crippen LogP contribution is -2.26. The maximum Gasteiger partial charge on any atom is 0.289 e. The van der Waals surface area contributed by atoms with Crippen molar-refractivity contribution in [2.45, 2.75) is 19.3 Å². The summed E-state index contributed by atoms with van der Waals surface area (Å²) in [7, 11) is 1.99. The van der Waals surface area contributed by atoms with Crippen LogP contribution in [-0.4, -0.2) is 27.2 Å². The highest BCUT2D eigenvalue weighted by Gasteiger charge is 2.18. The number of nitrogens with one attached hydrogen (secondary N) is 1. The summed E-state index contributed by atoms with van der Waals surface area (Å²) < 4.78 is 7.31. The number of imidazole rings is 1. The van der Waals surface area contributed by atoms with E-state index >= 15 is 0 Å². The Balaban J connectivity index is 1.38. The number of amides is 1. The van der Waals surface area contributed by atoms with E-state index in [0.29, 0.717) is 13.0 Å². The zero-order valence-electron chi connectivity index (χ0n) is 15.9. The Bertz CT molecular complexity index is 1100. The molecule has 1 amide bonds. The molecule has 4 rings (SSSR count). The summed E-state index contributed by atoms with van der Waals surface area (Å²) in [5.74, 6) is 0.949. The molecule has 0 saturated heterocycles. The highest BCUT2D eigenvalue weighted by molar-refractivity contribution is 5.91. The van der Waals surface area contributed by atoms with E-state index in [4.69, 9.17) is 4.52 Å². The fourth-order valence-electron chi connectivity index (χ4n) is 3.31. The van der Waals surface area contributed by atoms with E-state index in [-0.39, 0.29) is 17.6 Å². The summed E-state index contributed by atoms with van der Waals surface area (Å²) in [5.41, 5.74) is 3.91. The van der Waals surface area contributed by atoms with Crippen molar-refractivity contribution in [1.82, 2.24) is 20.0 Å². The summed E-state index contributed by atoms with van der Waals surface area (Å²) in [6.45, 7) is 2.51. The van der Waals surface area contributed by atoms with Gasteiger partial charge in [0.15, 0.2) is 0 Å². The molecule has 0 unspecified atom stereocenters. The highest BCUT2D eigenvalue weighted by atomic mass is 16.5. The molecule has 6 heteroatoms. The Hall–Kier alpha value is -3.41. The first kappa shape index (κ1) is 18.0. The van der Waals surface area contributed by atoms with Gasteiger partial charge in [-0.15, -0.1) is 0 Å². The van der Waals surface area contributed by atoms with E-state index < -0.39 is 0 Å². The standard InChI is InChI=1S/C22H22N4O2/c1-15(16-8-4-3-5-9-16)18-14-20(28-25-18)22(27)23-13-12-21-24-17-10-6-7-11-19(17)26(21)2/h3-11,14-15H,12-13H2,1-2H3,(H,23,27)/t15-/m1/s1. The molecule has 0 fully saturated rings. The van der Waals surface area contributed by atoms with Crippen molar-refractivity contribution in [3.8, 4) is 0 Å². The topological polar surface area (TPSA) is 73.0 Å². The molecular formula is C22H22N4O2. The van der Waals surface area contributed by atoms with Crippen molar-refractivity contribution in [1.29, 1.82) is 0 Å². The zero-order chi connectivity index (χ0) is 19.5. The molecule has 1 N–H and O–H groups in total. The van der Waals surface area contributed by atoms with Gasteiger partial charge in [-0.1, -0.05) is 54.5 Å². The smallest absolute Gasteiger partial charge is 0.289 e. The number of hydrogen-bond donors (Lipinski definition) is 1. The van der Waals surface area contributed by atoms with Gasteiger partial charge in [-0.2, -0.15) is 0 Å². The Morgan fingerprint density at radius 1 is 1.14 bits per heavy atom. The minimum absolute atomic E-state index is 0.0616. The number of nitrogens with zero attached hydrogens (tertiary/aromatic N) is 3. The Morgan fingerprint density at radius 3 is 2.68 bits per heavy atom. The number of rotatable bonds is 6. The monoisotopic (exact) mass is 374 g/mol. The van der Waals surface area contributed by atoms with Crippen LogP contribution in [0.5, 0.6) is 0 Å². The van der Waals surface area contributed by atoms with E-state index in [0.717, 1.165) is 28.1 Å². The van der Waals surface area contributed by atoms with Crippen molar-refractivity contribution in [3.63, 3.8) is 0 Å². The van der Waals surface area contributed by atoms with Gasteiger partial charge in [0, 0.05) is 32.0 Å². The first-order chi connectivity index (χ1) is 13.6. The number of aryl methyl sites for hydroxylation is 1. The van der Waals surface area contributed by atoms with Crippen molar-refractivity contribution < 1.29 is 9.32 Å². The van der Waals surface area contributed by atoms with Crippen LogP contribution in [0.4, 0.5) is 0 Å². The van der Waals surface area contributed by atoms with Gasteiger partial charge >= 0.3 is 0 Å². The van der Waals surface area contributed by atoms with E-state index in [1.165, 1.54) is 0 Å². The van der Waals surface area contributed by atoms with Gasteiger partial charge in [0.05, 0.1) is 16.7 Å². The van der Waals surface area contributed by atoms with Gasteiger partial charge in [-0.05, 0) is 17.7 Å². The number of carbonyl (C=O) groups is 1. The third-order valence-corrected chi connectivity index (χ3v) is 5.01. The van der Waals surface area contributed by atoms with Gasteiger partial charge < -0.3 is 14.4 Å². The van der Waals surface area contributed by atoms with Crippen LogP contribution in [0.1, 0.15) is 40.5 Å². The van der Waals surface area contributed by atoms with Crippen LogP contribution in [0.15, 0.2) is 65.2 Å². The predicted octanol–water partition coefficient (Wildman–Crippen LogP) is 3.69. The van der Waals surface area contributed by atoms with Gasteiger partial charge in [-0.3, -0.25) is 4.79 Å². The molecule has 0 aliphatic heterocycles. The Morgan fingerprint density at radius 2 is 1.89 bits per heavy atom. The maximum atomic E-state index is 12.4. The second-order valence-electron chi connectivity index (χ2n) is 6.83. The zero-order valence-corrected chi connectivity index (χ0v) is 15.9. The van der Waals surface area contributed by atoms with Crippen LogP contribution in [0.2, 0.25) is 0 Å². The summed E-state index contributed by atoms with van der Waals surface area (Å²) in [6, 6.07) is 19.7. The number of aromatic nitrogens is 3. The van der Waals surface area contributed by atoms with Crippen molar-refractivity contribution in [3.05, 3.63) is 83.5 Å². The van der Waals surface area contributed by atoms with Crippen molar-refractivity contribution >= 4 is 16.9 Å². The molecule has 4 aromatic rings. The first-order valence-electron chi connectivity index (χ1n) is 9.33. The lowest BCUT2D eigenvalue weighted by atomic mass is 9.98. The number of fused-ring (bicyclic) bond motifs is 1. The molecule has 2 aromatic carbocycles. The van der Waals surface area contributed by atoms with E-state index in [9.17, 15) is 4.79 Å². The molecule has 0 aliphatic rings. The average molecular weight is 374 g/mol.